The van der Waals surface area contributed by atoms with Gasteiger partial charge in [0.25, 0.3) is 0 Å². The Morgan fingerprint density at radius 1 is 1.00 bits per heavy atom. The maximum absolute atomic E-state index is 10.4. The molecule has 8 nitrogen and oxygen atoms in total. The summed E-state index contributed by atoms with van der Waals surface area (Å²) < 4.78 is 6.15. The second-order valence-electron chi connectivity index (χ2n) is 8.87. The Labute approximate surface area is 174 Å². The topological polar surface area (TPSA) is 106 Å². The predicted octanol–water partition coefficient (Wildman–Crippen LogP) is 3.14. The van der Waals surface area contributed by atoms with Gasteiger partial charge in [-0.1, -0.05) is 0 Å². The van der Waals surface area contributed by atoms with Gasteiger partial charge in [-0.15, -0.1) is 10.2 Å². The van der Waals surface area contributed by atoms with E-state index in [0.29, 0.717) is 17.3 Å². The van der Waals surface area contributed by atoms with Gasteiger partial charge in [0.15, 0.2) is 0 Å². The molecule has 3 atom stereocenters. The number of nitrogens with one attached hydrogen (secondary N) is 1. The predicted molar refractivity (Wildman–Crippen MR) is 111 cm³/mol. The molecule has 0 saturated carbocycles. The van der Waals surface area contributed by atoms with E-state index in [2.05, 4.69) is 44.3 Å². The standard InChI is InChI=1S/C22H24N6O2/c1-21-5-6-22(2,28-21)9-16(8-21)30-19-4-3-17(26-27-19)20-18(29)7-14(12-25-20)15-10-23-13-24-11-15/h3-4,7,10-13,16,28-29H,5-6,8-9H2,1-2H3/t16?,21-,22+. The maximum atomic E-state index is 10.4. The molecule has 5 heterocycles. The van der Waals surface area contributed by atoms with E-state index in [1.165, 1.54) is 19.2 Å². The van der Waals surface area contributed by atoms with Crippen LogP contribution in [0.2, 0.25) is 0 Å². The van der Waals surface area contributed by atoms with Crippen molar-refractivity contribution in [1.29, 1.82) is 0 Å². The highest BCUT2D eigenvalue weighted by molar-refractivity contribution is 5.69. The first-order chi connectivity index (χ1) is 14.4. The molecule has 3 aromatic heterocycles. The first-order valence-corrected chi connectivity index (χ1v) is 10.2. The van der Waals surface area contributed by atoms with Gasteiger partial charge >= 0.3 is 0 Å². The Balaban J connectivity index is 1.32. The maximum Gasteiger partial charge on any atom is 0.233 e. The number of aromatic hydroxyl groups is 1. The minimum atomic E-state index is 0.0232. The minimum absolute atomic E-state index is 0.0232. The van der Waals surface area contributed by atoms with Crippen LogP contribution in [0.5, 0.6) is 11.6 Å². The van der Waals surface area contributed by atoms with Gasteiger partial charge in [-0.25, -0.2) is 15.0 Å². The summed E-state index contributed by atoms with van der Waals surface area (Å²) in [5, 5.41) is 22.7. The second kappa shape index (κ2) is 6.98. The van der Waals surface area contributed by atoms with Gasteiger partial charge in [-0.05, 0) is 38.8 Å². The normalized spacial score (nSPS) is 27.7. The highest BCUT2D eigenvalue weighted by Crippen LogP contribution is 2.43. The lowest BCUT2D eigenvalue weighted by atomic mass is 9.86. The molecule has 0 aliphatic carbocycles. The molecule has 2 aliphatic heterocycles. The number of rotatable bonds is 4. The van der Waals surface area contributed by atoms with E-state index in [4.69, 9.17) is 4.74 Å². The number of ether oxygens (including phenoxy) is 1. The third kappa shape index (κ3) is 3.59. The summed E-state index contributed by atoms with van der Waals surface area (Å²) in [5.74, 6) is 0.518. The van der Waals surface area contributed by atoms with Crippen LogP contribution in [0.1, 0.15) is 39.5 Å². The third-order valence-electron chi connectivity index (χ3n) is 6.12. The zero-order valence-electron chi connectivity index (χ0n) is 17.0. The van der Waals surface area contributed by atoms with E-state index < -0.39 is 0 Å². The zero-order valence-corrected chi connectivity index (χ0v) is 17.0. The summed E-state index contributed by atoms with van der Waals surface area (Å²) >= 11 is 0. The fourth-order valence-electron chi connectivity index (χ4n) is 4.81. The van der Waals surface area contributed by atoms with Gasteiger partial charge in [-0.3, -0.25) is 0 Å². The summed E-state index contributed by atoms with van der Waals surface area (Å²) in [4.78, 5) is 12.3. The van der Waals surface area contributed by atoms with Crippen molar-refractivity contribution in [2.45, 2.75) is 56.7 Å². The highest BCUT2D eigenvalue weighted by Gasteiger charge is 2.49. The van der Waals surface area contributed by atoms with Crippen LogP contribution in [0.3, 0.4) is 0 Å². The Morgan fingerprint density at radius 2 is 1.73 bits per heavy atom. The number of fused-ring (bicyclic) bond motifs is 2. The van der Waals surface area contributed by atoms with Crippen LogP contribution in [-0.4, -0.2) is 47.4 Å². The van der Waals surface area contributed by atoms with Crippen molar-refractivity contribution < 1.29 is 9.84 Å². The molecule has 8 heteroatoms. The summed E-state index contributed by atoms with van der Waals surface area (Å²) in [6.07, 6.45) is 10.8. The van der Waals surface area contributed by atoms with Crippen molar-refractivity contribution in [3.8, 4) is 34.1 Å². The van der Waals surface area contributed by atoms with Crippen LogP contribution in [0, 0.1) is 0 Å². The molecule has 2 saturated heterocycles. The number of pyridine rings is 1. The first kappa shape index (κ1) is 18.9. The van der Waals surface area contributed by atoms with Gasteiger partial charge in [0.2, 0.25) is 5.88 Å². The Hall–Kier alpha value is -3.13. The average molecular weight is 404 g/mol. The summed E-state index contributed by atoms with van der Waals surface area (Å²) in [6.45, 7) is 4.53. The smallest absolute Gasteiger partial charge is 0.233 e. The third-order valence-corrected chi connectivity index (χ3v) is 6.12. The molecule has 30 heavy (non-hydrogen) atoms. The molecule has 0 aromatic carbocycles. The van der Waals surface area contributed by atoms with E-state index in [9.17, 15) is 5.11 Å². The van der Waals surface area contributed by atoms with Gasteiger partial charge in [-0.2, -0.15) is 0 Å². The lowest BCUT2D eigenvalue weighted by molar-refractivity contribution is 0.0754. The van der Waals surface area contributed by atoms with Crippen LogP contribution < -0.4 is 10.1 Å². The Kier molecular flexibility index (Phi) is 4.39. The highest BCUT2D eigenvalue weighted by atomic mass is 16.5. The van der Waals surface area contributed by atoms with E-state index in [1.807, 2.05) is 0 Å². The van der Waals surface area contributed by atoms with E-state index in [0.717, 1.165) is 24.0 Å². The molecular weight excluding hydrogens is 380 g/mol. The fraction of sp³-hybridized carbons (Fsp3) is 0.409. The van der Waals surface area contributed by atoms with Gasteiger partial charge < -0.3 is 15.2 Å². The molecule has 2 N–H and O–H groups in total. The van der Waals surface area contributed by atoms with Crippen LogP contribution in [0.15, 0.2) is 43.1 Å². The Morgan fingerprint density at radius 3 is 2.37 bits per heavy atom. The molecule has 154 valence electrons. The average Bonchev–Trinajstić information content (AvgIpc) is 2.96. The van der Waals surface area contributed by atoms with Gasteiger partial charge in [0, 0.05) is 59.7 Å². The van der Waals surface area contributed by atoms with Crippen molar-refractivity contribution in [2.75, 3.05) is 0 Å². The van der Waals surface area contributed by atoms with E-state index in [-0.39, 0.29) is 22.9 Å². The summed E-state index contributed by atoms with van der Waals surface area (Å²) in [5.41, 5.74) is 2.63. The molecule has 0 spiro atoms. The number of piperidine rings is 1. The van der Waals surface area contributed by atoms with Crippen molar-refractivity contribution in [3.63, 3.8) is 0 Å². The van der Waals surface area contributed by atoms with Gasteiger partial charge in [0.05, 0.1) is 0 Å². The molecule has 5 rings (SSSR count). The van der Waals surface area contributed by atoms with Crippen LogP contribution in [0.4, 0.5) is 0 Å². The minimum Gasteiger partial charge on any atom is -0.506 e. The zero-order chi connectivity index (χ0) is 20.8. The van der Waals surface area contributed by atoms with Crippen molar-refractivity contribution >= 4 is 0 Å². The molecule has 0 radical (unpaired) electrons. The molecule has 2 bridgehead atoms. The van der Waals surface area contributed by atoms with E-state index in [1.54, 1.807) is 36.8 Å². The monoisotopic (exact) mass is 404 g/mol. The molecular formula is C22H24N6O2. The van der Waals surface area contributed by atoms with Crippen LogP contribution >= 0.6 is 0 Å². The lowest BCUT2D eigenvalue weighted by Gasteiger charge is -2.41. The molecule has 2 aliphatic rings. The van der Waals surface area contributed by atoms with Crippen molar-refractivity contribution in [1.82, 2.24) is 30.5 Å². The summed E-state index contributed by atoms with van der Waals surface area (Å²) in [7, 11) is 0. The second-order valence-corrected chi connectivity index (χ2v) is 8.87. The molecule has 3 aromatic rings. The molecule has 0 amide bonds. The fourth-order valence-corrected chi connectivity index (χ4v) is 4.81. The SMILES string of the molecule is C[C@]12CC[C@](C)(CC(Oc3ccc(-c4ncc(-c5cncnc5)cc4O)nn3)C1)N2. The van der Waals surface area contributed by atoms with Crippen molar-refractivity contribution in [3.05, 3.63) is 43.1 Å². The number of nitrogens with zero attached hydrogens (tertiary/aromatic N) is 5. The quantitative estimate of drug-likeness (QED) is 0.683. The lowest BCUT2D eigenvalue weighted by Crippen LogP contribution is -2.56. The van der Waals surface area contributed by atoms with Crippen LogP contribution in [-0.2, 0) is 0 Å². The van der Waals surface area contributed by atoms with Gasteiger partial charge in [0.1, 0.15) is 29.6 Å². The first-order valence-electron chi connectivity index (χ1n) is 10.2. The number of hydrogen-bond donors (Lipinski definition) is 2. The molecule has 1 unspecified atom stereocenters. The number of aromatic nitrogens is 5. The van der Waals surface area contributed by atoms with Crippen molar-refractivity contribution in [2.24, 2.45) is 0 Å². The Bertz CT molecular complexity index is 1040. The molecule has 2 fully saturated rings. The van der Waals surface area contributed by atoms with E-state index >= 15 is 0 Å². The largest absolute Gasteiger partial charge is 0.506 e. The van der Waals surface area contributed by atoms with Crippen LogP contribution in [0.25, 0.3) is 22.5 Å². The summed E-state index contributed by atoms with van der Waals surface area (Å²) in [6, 6.07) is 5.19. The number of hydrogen-bond acceptors (Lipinski definition) is 8.